The molecule has 0 aliphatic rings. The van der Waals surface area contributed by atoms with Crippen LogP contribution in [0.3, 0.4) is 0 Å². The molecule has 0 spiro atoms. The standard InChI is InChI=1S/C14H12FN3O2S/c15-13-7-11(8-16)3-6-14(13)18-21(19,20)9-10-1-4-12(17)5-2-10/h1-7,18H,9,17H2. The quantitative estimate of drug-likeness (QED) is 0.846. The second-order valence-corrected chi connectivity index (χ2v) is 6.13. The number of hydrogen-bond acceptors (Lipinski definition) is 4. The molecular formula is C14H12FN3O2S. The van der Waals surface area contributed by atoms with Crippen molar-refractivity contribution in [3.05, 3.63) is 59.4 Å². The zero-order valence-electron chi connectivity index (χ0n) is 10.9. The van der Waals surface area contributed by atoms with E-state index in [2.05, 4.69) is 4.72 Å². The van der Waals surface area contributed by atoms with Crippen LogP contribution in [0.2, 0.25) is 0 Å². The Labute approximate surface area is 121 Å². The van der Waals surface area contributed by atoms with E-state index in [0.29, 0.717) is 11.3 Å². The fourth-order valence-corrected chi connectivity index (χ4v) is 2.91. The van der Waals surface area contributed by atoms with Gasteiger partial charge < -0.3 is 5.73 Å². The summed E-state index contributed by atoms with van der Waals surface area (Å²) in [6, 6.07) is 11.7. The van der Waals surface area contributed by atoms with Gasteiger partial charge in [0.25, 0.3) is 0 Å². The van der Waals surface area contributed by atoms with Crippen molar-refractivity contribution in [2.24, 2.45) is 0 Å². The molecule has 21 heavy (non-hydrogen) atoms. The van der Waals surface area contributed by atoms with E-state index in [9.17, 15) is 12.8 Å². The van der Waals surface area contributed by atoms with Crippen molar-refractivity contribution in [1.29, 1.82) is 5.26 Å². The molecule has 2 aromatic rings. The van der Waals surface area contributed by atoms with Crippen molar-refractivity contribution < 1.29 is 12.8 Å². The SMILES string of the molecule is N#Cc1ccc(NS(=O)(=O)Cc2ccc(N)cc2)c(F)c1. The molecule has 2 aromatic carbocycles. The minimum absolute atomic E-state index is 0.119. The zero-order chi connectivity index (χ0) is 15.5. The molecule has 5 nitrogen and oxygen atoms in total. The number of benzene rings is 2. The van der Waals surface area contributed by atoms with Crippen molar-refractivity contribution in [3.63, 3.8) is 0 Å². The Kier molecular flexibility index (Phi) is 4.10. The summed E-state index contributed by atoms with van der Waals surface area (Å²) in [5, 5.41) is 8.64. The molecule has 0 aliphatic carbocycles. The highest BCUT2D eigenvalue weighted by Crippen LogP contribution is 2.18. The van der Waals surface area contributed by atoms with Crippen LogP contribution < -0.4 is 10.5 Å². The molecule has 0 aromatic heterocycles. The summed E-state index contributed by atoms with van der Waals surface area (Å²) in [7, 11) is -3.76. The lowest BCUT2D eigenvalue weighted by Crippen LogP contribution is -2.16. The summed E-state index contributed by atoms with van der Waals surface area (Å²) in [6.45, 7) is 0. The number of rotatable bonds is 4. The molecule has 0 aliphatic heterocycles. The van der Waals surface area contributed by atoms with E-state index in [1.165, 1.54) is 12.1 Å². The van der Waals surface area contributed by atoms with Gasteiger partial charge in [-0.2, -0.15) is 5.26 Å². The first kappa shape index (κ1) is 14.8. The molecule has 0 saturated carbocycles. The average molecular weight is 305 g/mol. The topological polar surface area (TPSA) is 96.0 Å². The van der Waals surface area contributed by atoms with E-state index in [1.807, 2.05) is 0 Å². The second-order valence-electron chi connectivity index (χ2n) is 4.41. The van der Waals surface area contributed by atoms with Crippen LogP contribution in [0.4, 0.5) is 15.8 Å². The van der Waals surface area contributed by atoms with E-state index in [-0.39, 0.29) is 17.0 Å². The van der Waals surface area contributed by atoms with Crippen LogP contribution in [0.25, 0.3) is 0 Å². The number of nitriles is 1. The molecular weight excluding hydrogens is 293 g/mol. The van der Waals surface area contributed by atoms with Crippen LogP contribution in [0.15, 0.2) is 42.5 Å². The number of nitrogen functional groups attached to an aromatic ring is 1. The highest BCUT2D eigenvalue weighted by atomic mass is 32.2. The molecule has 108 valence electrons. The summed E-state index contributed by atoms with van der Waals surface area (Å²) >= 11 is 0. The number of nitrogens with zero attached hydrogens (tertiary/aromatic N) is 1. The lowest BCUT2D eigenvalue weighted by atomic mass is 10.2. The number of nitrogens with two attached hydrogens (primary N) is 1. The zero-order valence-corrected chi connectivity index (χ0v) is 11.7. The Balaban J connectivity index is 2.18. The Morgan fingerprint density at radius 3 is 2.43 bits per heavy atom. The number of nitrogens with one attached hydrogen (secondary N) is 1. The fraction of sp³-hybridized carbons (Fsp3) is 0.0714. The minimum atomic E-state index is -3.76. The third kappa shape index (κ3) is 3.94. The molecule has 0 saturated heterocycles. The molecule has 2 rings (SSSR count). The molecule has 7 heteroatoms. The molecule has 0 atom stereocenters. The van der Waals surface area contributed by atoms with Crippen molar-refractivity contribution in [3.8, 4) is 6.07 Å². The Morgan fingerprint density at radius 1 is 1.19 bits per heavy atom. The Morgan fingerprint density at radius 2 is 1.86 bits per heavy atom. The van der Waals surface area contributed by atoms with Gasteiger partial charge >= 0.3 is 0 Å². The Hall–Kier alpha value is -2.59. The molecule has 0 amide bonds. The van der Waals surface area contributed by atoms with Crippen LogP contribution in [0.5, 0.6) is 0 Å². The van der Waals surface area contributed by atoms with E-state index < -0.39 is 15.8 Å². The molecule has 0 fully saturated rings. The smallest absolute Gasteiger partial charge is 0.237 e. The monoisotopic (exact) mass is 305 g/mol. The predicted molar refractivity (Wildman–Crippen MR) is 78.2 cm³/mol. The lowest BCUT2D eigenvalue weighted by Gasteiger charge is -2.09. The van der Waals surface area contributed by atoms with Crippen LogP contribution >= 0.6 is 0 Å². The highest BCUT2D eigenvalue weighted by Gasteiger charge is 2.14. The van der Waals surface area contributed by atoms with E-state index >= 15 is 0 Å². The third-order valence-electron chi connectivity index (χ3n) is 2.70. The summed E-state index contributed by atoms with van der Waals surface area (Å²) in [4.78, 5) is 0. The number of sulfonamides is 1. The summed E-state index contributed by atoms with van der Waals surface area (Å²) in [5.74, 6) is -1.10. The van der Waals surface area contributed by atoms with Gasteiger partial charge in [-0.3, -0.25) is 4.72 Å². The summed E-state index contributed by atoms with van der Waals surface area (Å²) in [5.41, 5.74) is 6.51. The van der Waals surface area contributed by atoms with Gasteiger partial charge in [-0.15, -0.1) is 0 Å². The normalized spacial score (nSPS) is 10.9. The van der Waals surface area contributed by atoms with Crippen LogP contribution in [0, 0.1) is 17.1 Å². The maximum absolute atomic E-state index is 13.7. The largest absolute Gasteiger partial charge is 0.399 e. The lowest BCUT2D eigenvalue weighted by molar-refractivity contribution is 0.598. The predicted octanol–water partition coefficient (Wildman–Crippen LogP) is 2.22. The van der Waals surface area contributed by atoms with E-state index in [1.54, 1.807) is 30.3 Å². The number of hydrogen-bond donors (Lipinski definition) is 2. The van der Waals surface area contributed by atoms with Crippen molar-refractivity contribution in [2.75, 3.05) is 10.5 Å². The number of anilines is 2. The molecule has 0 radical (unpaired) electrons. The first-order valence-electron chi connectivity index (χ1n) is 5.94. The molecule has 3 N–H and O–H groups in total. The van der Waals surface area contributed by atoms with Gasteiger partial charge in [0, 0.05) is 5.69 Å². The van der Waals surface area contributed by atoms with Crippen LogP contribution in [-0.4, -0.2) is 8.42 Å². The third-order valence-corrected chi connectivity index (χ3v) is 3.94. The Bertz CT molecular complexity index is 796. The van der Waals surface area contributed by atoms with Crippen molar-refractivity contribution >= 4 is 21.4 Å². The van der Waals surface area contributed by atoms with Gasteiger partial charge in [-0.05, 0) is 35.9 Å². The van der Waals surface area contributed by atoms with Gasteiger partial charge in [0.1, 0.15) is 5.82 Å². The average Bonchev–Trinajstić information content (AvgIpc) is 2.43. The first-order valence-corrected chi connectivity index (χ1v) is 7.59. The van der Waals surface area contributed by atoms with Gasteiger partial charge in [-0.1, -0.05) is 12.1 Å². The van der Waals surface area contributed by atoms with Gasteiger partial charge in [0.05, 0.1) is 23.1 Å². The first-order chi connectivity index (χ1) is 9.89. The highest BCUT2D eigenvalue weighted by molar-refractivity contribution is 7.91. The van der Waals surface area contributed by atoms with Gasteiger partial charge in [0.15, 0.2) is 0 Å². The summed E-state index contributed by atoms with van der Waals surface area (Å²) < 4.78 is 39.8. The van der Waals surface area contributed by atoms with Gasteiger partial charge in [0.2, 0.25) is 10.0 Å². The molecule has 0 unspecified atom stereocenters. The van der Waals surface area contributed by atoms with Gasteiger partial charge in [-0.25, -0.2) is 12.8 Å². The number of halogens is 1. The molecule has 0 bridgehead atoms. The maximum atomic E-state index is 13.7. The van der Waals surface area contributed by atoms with E-state index in [0.717, 1.165) is 6.07 Å². The maximum Gasteiger partial charge on any atom is 0.237 e. The fourth-order valence-electron chi connectivity index (χ4n) is 1.70. The van der Waals surface area contributed by atoms with Crippen LogP contribution in [0.1, 0.15) is 11.1 Å². The molecule has 0 heterocycles. The van der Waals surface area contributed by atoms with Crippen molar-refractivity contribution in [2.45, 2.75) is 5.75 Å². The summed E-state index contributed by atoms with van der Waals surface area (Å²) in [6.07, 6.45) is 0. The second kappa shape index (κ2) is 5.81. The van der Waals surface area contributed by atoms with Crippen LogP contribution in [-0.2, 0) is 15.8 Å². The minimum Gasteiger partial charge on any atom is -0.399 e. The van der Waals surface area contributed by atoms with E-state index in [4.69, 9.17) is 11.0 Å². The van der Waals surface area contributed by atoms with Crippen molar-refractivity contribution in [1.82, 2.24) is 0 Å².